The summed E-state index contributed by atoms with van der Waals surface area (Å²) in [4.78, 5) is 21.5. The van der Waals surface area contributed by atoms with Crippen molar-refractivity contribution in [2.45, 2.75) is 0 Å². The predicted molar refractivity (Wildman–Crippen MR) is 111 cm³/mol. The molecule has 0 aliphatic heterocycles. The van der Waals surface area contributed by atoms with E-state index in [4.69, 9.17) is 4.74 Å². The molecule has 4 rings (SSSR count). The zero-order chi connectivity index (χ0) is 20.4. The van der Waals surface area contributed by atoms with Crippen LogP contribution in [0.15, 0.2) is 76.6 Å². The topological polar surface area (TPSA) is 96.9 Å². The number of ether oxygens (including phenoxy) is 1. The zero-order valence-electron chi connectivity index (χ0n) is 15.5. The molecule has 4 aromatic rings. The number of aromatic nitrogens is 2. The third-order valence-electron chi connectivity index (χ3n) is 4.49. The van der Waals surface area contributed by atoms with Gasteiger partial charge in [-0.15, -0.1) is 0 Å². The van der Waals surface area contributed by atoms with E-state index >= 15 is 0 Å². The van der Waals surface area contributed by atoms with Gasteiger partial charge in [-0.3, -0.25) is 9.79 Å². The van der Waals surface area contributed by atoms with Crippen molar-refractivity contribution in [3.05, 3.63) is 82.8 Å². The third kappa shape index (κ3) is 3.29. The standard InChI is InChI=1S/C22H17N3O4/c1-29-19-10-9-14(12-18(19)26)24-13-17-15-6-2-3-7-16(15)21(27)25(22(17)28)20-8-4-5-11-23-20/h2-13,26,28H,1H3. The zero-order valence-corrected chi connectivity index (χ0v) is 15.5. The van der Waals surface area contributed by atoms with Crippen LogP contribution in [0.2, 0.25) is 0 Å². The highest BCUT2D eigenvalue weighted by Crippen LogP contribution is 2.31. The molecule has 0 amide bonds. The SMILES string of the molecule is COc1ccc(N=Cc2c(O)n(-c3ccccn3)c(=O)c3ccccc23)cc1O. The summed E-state index contributed by atoms with van der Waals surface area (Å²) in [6, 6.07) is 16.8. The van der Waals surface area contributed by atoms with Gasteiger partial charge in [-0.1, -0.05) is 24.3 Å². The monoisotopic (exact) mass is 387 g/mol. The van der Waals surface area contributed by atoms with Gasteiger partial charge in [0.25, 0.3) is 5.56 Å². The van der Waals surface area contributed by atoms with Crippen LogP contribution in [0.25, 0.3) is 16.6 Å². The molecule has 0 fully saturated rings. The minimum Gasteiger partial charge on any atom is -0.504 e. The molecule has 0 saturated heterocycles. The molecule has 7 nitrogen and oxygen atoms in total. The molecule has 2 N–H and O–H groups in total. The molecule has 0 bridgehead atoms. The Morgan fingerprint density at radius 2 is 1.79 bits per heavy atom. The maximum Gasteiger partial charge on any atom is 0.267 e. The van der Waals surface area contributed by atoms with Crippen molar-refractivity contribution >= 4 is 22.7 Å². The summed E-state index contributed by atoms with van der Waals surface area (Å²) in [5, 5.41) is 21.8. The molecule has 0 atom stereocenters. The summed E-state index contributed by atoms with van der Waals surface area (Å²) >= 11 is 0. The second-order valence-corrected chi connectivity index (χ2v) is 6.23. The van der Waals surface area contributed by atoms with Crippen LogP contribution in [0.3, 0.4) is 0 Å². The van der Waals surface area contributed by atoms with Crippen LogP contribution in [-0.2, 0) is 0 Å². The summed E-state index contributed by atoms with van der Waals surface area (Å²) < 4.78 is 6.18. The first-order chi connectivity index (χ1) is 14.1. The molecule has 2 aromatic carbocycles. The van der Waals surface area contributed by atoms with E-state index in [1.54, 1.807) is 60.8 Å². The summed E-state index contributed by atoms with van der Waals surface area (Å²) in [6.45, 7) is 0. The molecule has 7 heteroatoms. The molecule has 0 aliphatic rings. The summed E-state index contributed by atoms with van der Waals surface area (Å²) in [5.41, 5.74) is 0.444. The van der Waals surface area contributed by atoms with Gasteiger partial charge in [0.05, 0.1) is 18.4 Å². The Hall–Kier alpha value is -4.13. The molecule has 2 heterocycles. The Kier molecular flexibility index (Phi) is 4.70. The molecule has 2 aromatic heterocycles. The van der Waals surface area contributed by atoms with Gasteiger partial charge < -0.3 is 14.9 Å². The molecule has 0 spiro atoms. The lowest BCUT2D eigenvalue weighted by atomic mass is 10.1. The Morgan fingerprint density at radius 1 is 1.03 bits per heavy atom. The van der Waals surface area contributed by atoms with Gasteiger partial charge in [0.1, 0.15) is 5.82 Å². The van der Waals surface area contributed by atoms with Crippen LogP contribution >= 0.6 is 0 Å². The first kappa shape index (κ1) is 18.2. The number of hydrogen-bond donors (Lipinski definition) is 2. The maximum atomic E-state index is 13.0. The Morgan fingerprint density at radius 3 is 2.48 bits per heavy atom. The van der Waals surface area contributed by atoms with Gasteiger partial charge in [0, 0.05) is 29.3 Å². The van der Waals surface area contributed by atoms with Crippen LogP contribution in [0, 0.1) is 0 Å². The maximum absolute atomic E-state index is 13.0. The number of hydrogen-bond acceptors (Lipinski definition) is 6. The van der Waals surface area contributed by atoms with E-state index in [0.717, 1.165) is 4.57 Å². The lowest BCUT2D eigenvalue weighted by Gasteiger charge is -2.12. The molecule has 0 radical (unpaired) electrons. The average Bonchev–Trinajstić information content (AvgIpc) is 2.75. The predicted octanol–water partition coefficient (Wildman–Crippen LogP) is 3.56. The highest BCUT2D eigenvalue weighted by molar-refractivity contribution is 6.02. The number of phenols is 1. The van der Waals surface area contributed by atoms with Gasteiger partial charge in [0.15, 0.2) is 11.5 Å². The van der Waals surface area contributed by atoms with Crippen molar-refractivity contribution in [3.8, 4) is 23.2 Å². The first-order valence-electron chi connectivity index (χ1n) is 8.79. The van der Waals surface area contributed by atoms with Crippen LogP contribution in [0.4, 0.5) is 5.69 Å². The second-order valence-electron chi connectivity index (χ2n) is 6.23. The van der Waals surface area contributed by atoms with E-state index in [1.807, 2.05) is 0 Å². The van der Waals surface area contributed by atoms with Gasteiger partial charge in [-0.25, -0.2) is 9.55 Å². The largest absolute Gasteiger partial charge is 0.504 e. The summed E-state index contributed by atoms with van der Waals surface area (Å²) in [7, 11) is 1.46. The van der Waals surface area contributed by atoms with Gasteiger partial charge >= 0.3 is 0 Å². The van der Waals surface area contributed by atoms with E-state index in [9.17, 15) is 15.0 Å². The lowest BCUT2D eigenvalue weighted by Crippen LogP contribution is -2.20. The Balaban J connectivity index is 1.92. The van der Waals surface area contributed by atoms with Crippen LogP contribution in [0.5, 0.6) is 17.4 Å². The van der Waals surface area contributed by atoms with Gasteiger partial charge in [-0.2, -0.15) is 0 Å². The molecule has 0 aliphatic carbocycles. The molecule has 29 heavy (non-hydrogen) atoms. The van der Waals surface area contributed by atoms with E-state index in [2.05, 4.69) is 9.98 Å². The number of methoxy groups -OCH3 is 1. The lowest BCUT2D eigenvalue weighted by molar-refractivity contribution is 0.373. The molecular formula is C22H17N3O4. The van der Waals surface area contributed by atoms with Crippen LogP contribution in [0.1, 0.15) is 5.56 Å². The molecule has 144 valence electrons. The number of benzene rings is 2. The molecular weight excluding hydrogens is 370 g/mol. The van der Waals surface area contributed by atoms with Crippen molar-refractivity contribution in [3.63, 3.8) is 0 Å². The van der Waals surface area contributed by atoms with E-state index in [-0.39, 0.29) is 17.2 Å². The fourth-order valence-corrected chi connectivity index (χ4v) is 3.09. The van der Waals surface area contributed by atoms with Crippen molar-refractivity contribution in [1.82, 2.24) is 9.55 Å². The van der Waals surface area contributed by atoms with Crippen molar-refractivity contribution in [2.24, 2.45) is 4.99 Å². The summed E-state index contributed by atoms with van der Waals surface area (Å²) in [6.07, 6.45) is 3.00. The van der Waals surface area contributed by atoms with Crippen LogP contribution in [-0.4, -0.2) is 33.1 Å². The quantitative estimate of drug-likeness (QED) is 0.522. The number of fused-ring (bicyclic) bond motifs is 1. The van der Waals surface area contributed by atoms with Crippen molar-refractivity contribution in [1.29, 1.82) is 0 Å². The number of aromatic hydroxyl groups is 2. The highest BCUT2D eigenvalue weighted by Gasteiger charge is 2.16. The minimum absolute atomic E-state index is 0.0466. The minimum atomic E-state index is -0.379. The first-order valence-corrected chi connectivity index (χ1v) is 8.79. The fraction of sp³-hybridized carbons (Fsp3) is 0.0455. The molecule has 0 saturated carbocycles. The Bertz CT molecular complexity index is 1280. The summed E-state index contributed by atoms with van der Waals surface area (Å²) in [5.74, 6) is 0.321. The van der Waals surface area contributed by atoms with Crippen LogP contribution < -0.4 is 10.3 Å². The highest BCUT2D eigenvalue weighted by atomic mass is 16.5. The van der Waals surface area contributed by atoms with Crippen molar-refractivity contribution < 1.29 is 14.9 Å². The second kappa shape index (κ2) is 7.47. The smallest absolute Gasteiger partial charge is 0.267 e. The van der Waals surface area contributed by atoms with E-state index < -0.39 is 0 Å². The number of aliphatic imine (C=N–C) groups is 1. The van der Waals surface area contributed by atoms with E-state index in [1.165, 1.54) is 19.4 Å². The average molecular weight is 387 g/mol. The van der Waals surface area contributed by atoms with Crippen molar-refractivity contribution in [2.75, 3.05) is 7.11 Å². The fourth-order valence-electron chi connectivity index (χ4n) is 3.09. The third-order valence-corrected chi connectivity index (χ3v) is 4.49. The number of phenolic OH excluding ortho intramolecular Hbond substituents is 1. The van der Waals surface area contributed by atoms with E-state index in [0.29, 0.717) is 33.6 Å². The Labute approximate surface area is 165 Å². The molecule has 0 unspecified atom stereocenters. The normalized spacial score (nSPS) is 11.2. The van der Waals surface area contributed by atoms with Gasteiger partial charge in [-0.05, 0) is 30.3 Å². The number of rotatable bonds is 4. The number of nitrogens with zero attached hydrogens (tertiary/aromatic N) is 3. The van der Waals surface area contributed by atoms with Gasteiger partial charge in [0.2, 0.25) is 5.88 Å². The number of pyridine rings is 2.